The molecule has 2 N–H and O–H groups in total. The van der Waals surface area contributed by atoms with Crippen molar-refractivity contribution in [2.24, 2.45) is 5.92 Å². The highest BCUT2D eigenvalue weighted by Gasteiger charge is 2.17. The first kappa shape index (κ1) is 14.6. The van der Waals surface area contributed by atoms with Crippen molar-refractivity contribution in [3.05, 3.63) is 35.5 Å². The lowest BCUT2D eigenvalue weighted by Gasteiger charge is -2.15. The summed E-state index contributed by atoms with van der Waals surface area (Å²) in [5, 5.41) is 4.11. The van der Waals surface area contributed by atoms with Crippen LogP contribution >= 0.6 is 0 Å². The van der Waals surface area contributed by atoms with E-state index in [1.54, 1.807) is 0 Å². The second-order valence-electron chi connectivity index (χ2n) is 6.02. The van der Waals surface area contributed by atoms with Gasteiger partial charge in [0.15, 0.2) is 0 Å². The van der Waals surface area contributed by atoms with Crippen LogP contribution in [0, 0.1) is 12.8 Å². The normalized spacial score (nSPS) is 12.8. The van der Waals surface area contributed by atoms with Crippen molar-refractivity contribution in [3.63, 3.8) is 0 Å². The van der Waals surface area contributed by atoms with Gasteiger partial charge in [-0.1, -0.05) is 32.0 Å². The highest BCUT2D eigenvalue weighted by atomic mass is 16.1. The summed E-state index contributed by atoms with van der Waals surface area (Å²) in [5.41, 5.74) is 2.72. The van der Waals surface area contributed by atoms with Gasteiger partial charge in [-0.15, -0.1) is 0 Å². The molecule has 0 saturated heterocycles. The standard InChI is InChI=1S/C17H24N2O/c1-11(2)9-10-12(3)18-17(20)16-13(4)19-15-8-6-5-7-14(15)16/h5-8,11-12,19H,9-10H2,1-4H3,(H,18,20). The van der Waals surface area contributed by atoms with E-state index >= 15 is 0 Å². The minimum absolute atomic E-state index is 0.0243. The van der Waals surface area contributed by atoms with E-state index in [0.717, 1.165) is 35.0 Å². The van der Waals surface area contributed by atoms with Gasteiger partial charge in [-0.25, -0.2) is 0 Å². The number of fused-ring (bicyclic) bond motifs is 1. The van der Waals surface area contributed by atoms with Crippen LogP contribution in [-0.2, 0) is 0 Å². The minimum Gasteiger partial charge on any atom is -0.358 e. The number of carbonyl (C=O) groups excluding carboxylic acids is 1. The highest BCUT2D eigenvalue weighted by Crippen LogP contribution is 2.22. The molecule has 1 aromatic carbocycles. The van der Waals surface area contributed by atoms with Gasteiger partial charge < -0.3 is 10.3 Å². The van der Waals surface area contributed by atoms with E-state index < -0.39 is 0 Å². The lowest BCUT2D eigenvalue weighted by atomic mass is 10.0. The van der Waals surface area contributed by atoms with Crippen LogP contribution in [-0.4, -0.2) is 16.9 Å². The molecule has 0 fully saturated rings. The average Bonchev–Trinajstić information content (AvgIpc) is 2.72. The molecule has 1 unspecified atom stereocenters. The third-order valence-electron chi connectivity index (χ3n) is 3.68. The van der Waals surface area contributed by atoms with Crippen LogP contribution in [0.15, 0.2) is 24.3 Å². The van der Waals surface area contributed by atoms with Crippen LogP contribution in [0.4, 0.5) is 0 Å². The van der Waals surface area contributed by atoms with Gasteiger partial charge in [0, 0.05) is 22.6 Å². The number of aromatic amines is 1. The Morgan fingerprint density at radius 3 is 2.60 bits per heavy atom. The molecule has 20 heavy (non-hydrogen) atoms. The summed E-state index contributed by atoms with van der Waals surface area (Å²) in [4.78, 5) is 15.7. The molecule has 0 bridgehead atoms. The van der Waals surface area contributed by atoms with Crippen LogP contribution in [0.5, 0.6) is 0 Å². The number of hydrogen-bond donors (Lipinski definition) is 2. The molecule has 0 aliphatic carbocycles. The predicted molar refractivity (Wildman–Crippen MR) is 84.0 cm³/mol. The Labute approximate surface area is 120 Å². The zero-order valence-corrected chi connectivity index (χ0v) is 12.8. The van der Waals surface area contributed by atoms with Crippen molar-refractivity contribution >= 4 is 16.8 Å². The van der Waals surface area contributed by atoms with Gasteiger partial charge in [0.05, 0.1) is 5.56 Å². The number of hydrogen-bond acceptors (Lipinski definition) is 1. The number of nitrogens with one attached hydrogen (secondary N) is 2. The third kappa shape index (κ3) is 3.21. The Morgan fingerprint density at radius 1 is 1.20 bits per heavy atom. The maximum absolute atomic E-state index is 12.5. The molecule has 2 rings (SSSR count). The summed E-state index contributed by atoms with van der Waals surface area (Å²) in [6, 6.07) is 8.14. The van der Waals surface area contributed by atoms with E-state index in [9.17, 15) is 4.79 Å². The first-order valence-corrected chi connectivity index (χ1v) is 7.37. The summed E-state index contributed by atoms with van der Waals surface area (Å²) in [6.45, 7) is 8.44. The molecule has 0 spiro atoms. The summed E-state index contributed by atoms with van der Waals surface area (Å²) in [5.74, 6) is 0.695. The SMILES string of the molecule is Cc1[nH]c2ccccc2c1C(=O)NC(C)CCC(C)C. The number of aryl methyl sites for hydroxylation is 1. The molecule has 1 aromatic heterocycles. The maximum atomic E-state index is 12.5. The van der Waals surface area contributed by atoms with Gasteiger partial charge in [0.25, 0.3) is 5.91 Å². The number of aromatic nitrogens is 1. The first-order chi connectivity index (χ1) is 9.49. The van der Waals surface area contributed by atoms with Crippen LogP contribution in [0.25, 0.3) is 10.9 Å². The molecule has 0 aliphatic rings. The molecule has 1 atom stereocenters. The molecule has 2 aromatic rings. The molecular weight excluding hydrogens is 248 g/mol. The molecular formula is C17H24N2O. The van der Waals surface area contributed by atoms with E-state index in [-0.39, 0.29) is 11.9 Å². The number of carbonyl (C=O) groups is 1. The second kappa shape index (κ2) is 6.12. The van der Waals surface area contributed by atoms with E-state index in [2.05, 4.69) is 31.1 Å². The monoisotopic (exact) mass is 272 g/mol. The van der Waals surface area contributed by atoms with Gasteiger partial charge in [-0.2, -0.15) is 0 Å². The minimum atomic E-state index is 0.0243. The van der Waals surface area contributed by atoms with Crippen LogP contribution in [0.1, 0.15) is 49.7 Å². The topological polar surface area (TPSA) is 44.9 Å². The molecule has 0 radical (unpaired) electrons. The van der Waals surface area contributed by atoms with Crippen LogP contribution < -0.4 is 5.32 Å². The molecule has 0 aliphatic heterocycles. The summed E-state index contributed by atoms with van der Waals surface area (Å²) in [7, 11) is 0. The van der Waals surface area contributed by atoms with Gasteiger partial charge in [0.2, 0.25) is 0 Å². The first-order valence-electron chi connectivity index (χ1n) is 7.37. The zero-order valence-electron chi connectivity index (χ0n) is 12.8. The molecule has 1 amide bonds. The van der Waals surface area contributed by atoms with E-state index in [1.807, 2.05) is 31.2 Å². The van der Waals surface area contributed by atoms with Crippen molar-refractivity contribution in [2.45, 2.75) is 46.6 Å². The largest absolute Gasteiger partial charge is 0.358 e. The quantitative estimate of drug-likeness (QED) is 0.848. The Morgan fingerprint density at radius 2 is 1.90 bits per heavy atom. The van der Waals surface area contributed by atoms with Crippen LogP contribution in [0.2, 0.25) is 0 Å². The lowest BCUT2D eigenvalue weighted by Crippen LogP contribution is -2.33. The van der Waals surface area contributed by atoms with E-state index in [4.69, 9.17) is 0 Å². The Bertz CT molecular complexity index is 598. The van der Waals surface area contributed by atoms with Crippen molar-refractivity contribution in [1.82, 2.24) is 10.3 Å². The number of amides is 1. The maximum Gasteiger partial charge on any atom is 0.253 e. The fourth-order valence-corrected chi connectivity index (χ4v) is 2.52. The van der Waals surface area contributed by atoms with Crippen molar-refractivity contribution in [3.8, 4) is 0 Å². The second-order valence-corrected chi connectivity index (χ2v) is 6.02. The van der Waals surface area contributed by atoms with E-state index in [1.165, 1.54) is 0 Å². The van der Waals surface area contributed by atoms with Crippen molar-refractivity contribution in [2.75, 3.05) is 0 Å². The zero-order chi connectivity index (χ0) is 14.7. The van der Waals surface area contributed by atoms with Crippen molar-refractivity contribution < 1.29 is 4.79 Å². The smallest absolute Gasteiger partial charge is 0.253 e. The van der Waals surface area contributed by atoms with Gasteiger partial charge in [-0.3, -0.25) is 4.79 Å². The fourth-order valence-electron chi connectivity index (χ4n) is 2.52. The lowest BCUT2D eigenvalue weighted by molar-refractivity contribution is 0.0938. The molecule has 0 saturated carbocycles. The van der Waals surface area contributed by atoms with Crippen molar-refractivity contribution in [1.29, 1.82) is 0 Å². The molecule has 1 heterocycles. The molecule has 3 nitrogen and oxygen atoms in total. The van der Waals surface area contributed by atoms with Gasteiger partial charge >= 0.3 is 0 Å². The van der Waals surface area contributed by atoms with E-state index in [0.29, 0.717) is 5.92 Å². The number of rotatable bonds is 5. The number of para-hydroxylation sites is 1. The Balaban J connectivity index is 2.13. The van der Waals surface area contributed by atoms with Gasteiger partial charge in [-0.05, 0) is 38.7 Å². The Kier molecular flexibility index (Phi) is 4.48. The molecule has 108 valence electrons. The molecule has 3 heteroatoms. The summed E-state index contributed by atoms with van der Waals surface area (Å²) < 4.78 is 0. The predicted octanol–water partition coefficient (Wildman–Crippen LogP) is 4.03. The Hall–Kier alpha value is -1.77. The third-order valence-corrected chi connectivity index (χ3v) is 3.68. The highest BCUT2D eigenvalue weighted by molar-refractivity contribution is 6.08. The van der Waals surface area contributed by atoms with Crippen LogP contribution in [0.3, 0.4) is 0 Å². The summed E-state index contributed by atoms with van der Waals surface area (Å²) in [6.07, 6.45) is 2.15. The fraction of sp³-hybridized carbons (Fsp3) is 0.471. The van der Waals surface area contributed by atoms with Gasteiger partial charge in [0.1, 0.15) is 0 Å². The average molecular weight is 272 g/mol. The number of H-pyrrole nitrogens is 1. The summed E-state index contributed by atoms with van der Waals surface area (Å²) >= 11 is 0. The number of benzene rings is 1.